The van der Waals surface area contributed by atoms with Crippen LogP contribution in [-0.2, 0) is 9.53 Å². The highest BCUT2D eigenvalue weighted by molar-refractivity contribution is 5.97. The first-order chi connectivity index (χ1) is 14.2. The molecule has 0 aliphatic carbocycles. The van der Waals surface area contributed by atoms with Gasteiger partial charge >= 0.3 is 0 Å². The van der Waals surface area contributed by atoms with Crippen LogP contribution < -0.4 is 15.1 Å². The van der Waals surface area contributed by atoms with Gasteiger partial charge in [0.1, 0.15) is 38.8 Å². The van der Waals surface area contributed by atoms with Crippen molar-refractivity contribution >= 4 is 11.6 Å². The Morgan fingerprint density at radius 3 is 2.52 bits per heavy atom. The molecule has 5 nitrogen and oxygen atoms in total. The molecule has 2 saturated heterocycles. The van der Waals surface area contributed by atoms with E-state index in [1.165, 1.54) is 17.7 Å². The highest BCUT2D eigenvalue weighted by atomic mass is 16.5. The van der Waals surface area contributed by atoms with Crippen molar-refractivity contribution < 1.29 is 19.3 Å². The van der Waals surface area contributed by atoms with Gasteiger partial charge in [-0.1, -0.05) is 48.5 Å². The summed E-state index contributed by atoms with van der Waals surface area (Å²) >= 11 is 0. The zero-order chi connectivity index (χ0) is 20.1. The predicted octanol–water partition coefficient (Wildman–Crippen LogP) is 0.643. The Kier molecular flexibility index (Phi) is 6.60. The molecule has 0 bridgehead atoms. The van der Waals surface area contributed by atoms with Crippen LogP contribution in [0.1, 0.15) is 19.8 Å². The van der Waals surface area contributed by atoms with E-state index in [1.54, 1.807) is 4.90 Å². The average molecular weight is 396 g/mol. The summed E-state index contributed by atoms with van der Waals surface area (Å²) in [5, 5.41) is 3.19. The van der Waals surface area contributed by atoms with Gasteiger partial charge in [-0.3, -0.25) is 4.79 Å². The van der Waals surface area contributed by atoms with E-state index >= 15 is 0 Å². The second-order valence-electron chi connectivity index (χ2n) is 8.37. The molecule has 3 N–H and O–H groups in total. The van der Waals surface area contributed by atoms with Crippen LogP contribution >= 0.6 is 0 Å². The van der Waals surface area contributed by atoms with Crippen LogP contribution in [0.4, 0.5) is 5.69 Å². The van der Waals surface area contributed by atoms with Gasteiger partial charge < -0.3 is 19.9 Å². The average Bonchev–Trinajstić information content (AvgIpc) is 3.28. The zero-order valence-corrected chi connectivity index (χ0v) is 17.3. The van der Waals surface area contributed by atoms with Gasteiger partial charge in [-0.05, 0) is 31.4 Å². The molecule has 2 heterocycles. The fraction of sp³-hybridized carbons (Fsp3) is 0.458. The van der Waals surface area contributed by atoms with Crippen molar-refractivity contribution in [1.29, 1.82) is 0 Å². The van der Waals surface area contributed by atoms with E-state index in [4.69, 9.17) is 4.74 Å². The van der Waals surface area contributed by atoms with Crippen LogP contribution in [0, 0.1) is 0 Å². The quantitative estimate of drug-likeness (QED) is 0.672. The first-order valence-corrected chi connectivity index (χ1v) is 11.0. The van der Waals surface area contributed by atoms with Crippen molar-refractivity contribution in [2.24, 2.45) is 0 Å². The Morgan fingerprint density at radius 1 is 1.07 bits per heavy atom. The zero-order valence-electron chi connectivity index (χ0n) is 17.3. The van der Waals surface area contributed by atoms with Gasteiger partial charge in [-0.2, -0.15) is 0 Å². The van der Waals surface area contributed by atoms with Crippen LogP contribution in [0.2, 0.25) is 0 Å². The molecule has 0 spiro atoms. The fourth-order valence-corrected chi connectivity index (χ4v) is 4.58. The summed E-state index contributed by atoms with van der Waals surface area (Å²) in [6.45, 7) is 8.42. The number of nitrogens with one attached hydrogen (secondary N) is 3. The number of hydrogen-bond acceptors (Lipinski definition) is 2. The smallest absolute Gasteiger partial charge is 0.282 e. The summed E-state index contributed by atoms with van der Waals surface area (Å²) in [6.07, 6.45) is 2.86. The molecule has 0 saturated carbocycles. The number of quaternary nitrogens is 2. The van der Waals surface area contributed by atoms with Crippen molar-refractivity contribution in [2.45, 2.75) is 31.9 Å². The molecular formula is C24H33N3O2+2. The second-order valence-corrected chi connectivity index (χ2v) is 8.37. The number of ether oxygens (including phenoxy) is 1. The maximum Gasteiger partial charge on any atom is 0.282 e. The highest BCUT2D eigenvalue weighted by Gasteiger charge is 2.32. The molecule has 2 aliphatic heterocycles. The lowest BCUT2D eigenvalue weighted by molar-refractivity contribution is -1.02. The van der Waals surface area contributed by atoms with Crippen molar-refractivity contribution in [3.63, 3.8) is 0 Å². The molecule has 5 heteroatoms. The van der Waals surface area contributed by atoms with E-state index in [-0.39, 0.29) is 11.9 Å². The minimum Gasteiger partial charge on any atom is -0.372 e. The molecule has 0 radical (unpaired) electrons. The molecule has 4 rings (SSSR count). The lowest BCUT2D eigenvalue weighted by atomic mass is 10.0. The Morgan fingerprint density at radius 2 is 1.79 bits per heavy atom. The lowest BCUT2D eigenvalue weighted by Gasteiger charge is -2.33. The lowest BCUT2D eigenvalue weighted by Crippen LogP contribution is -3.30. The third-order valence-electron chi connectivity index (χ3n) is 6.42. The number of piperazine rings is 1. The first-order valence-electron chi connectivity index (χ1n) is 11.0. The maximum atomic E-state index is 13.0. The maximum absolute atomic E-state index is 13.0. The molecule has 2 fully saturated rings. The molecule has 2 atom stereocenters. The Bertz CT molecular complexity index is 797. The monoisotopic (exact) mass is 395 g/mol. The van der Waals surface area contributed by atoms with Crippen molar-refractivity contribution in [3.05, 3.63) is 54.6 Å². The number of carbonyl (C=O) groups is 1. The van der Waals surface area contributed by atoms with E-state index < -0.39 is 0 Å². The minimum atomic E-state index is -0.0527. The number of rotatable bonds is 6. The number of carbonyl (C=O) groups excluding carboxylic acids is 1. The van der Waals surface area contributed by atoms with Crippen LogP contribution in [0.3, 0.4) is 0 Å². The Labute approximate surface area is 173 Å². The number of hydrogen-bond donors (Lipinski definition) is 3. The van der Waals surface area contributed by atoms with Gasteiger partial charge in [0.05, 0.1) is 0 Å². The van der Waals surface area contributed by atoms with Crippen LogP contribution in [-0.4, -0.2) is 57.4 Å². The van der Waals surface area contributed by atoms with Crippen molar-refractivity contribution in [1.82, 2.24) is 0 Å². The summed E-state index contributed by atoms with van der Waals surface area (Å²) in [5.41, 5.74) is 3.07. The fourth-order valence-electron chi connectivity index (χ4n) is 4.58. The number of para-hydroxylation sites is 1. The normalized spacial score (nSPS) is 25.5. The summed E-state index contributed by atoms with van der Waals surface area (Å²) < 4.78 is 5.79. The summed E-state index contributed by atoms with van der Waals surface area (Å²) in [4.78, 5) is 16.0. The van der Waals surface area contributed by atoms with Crippen molar-refractivity contribution in [2.75, 3.05) is 44.6 Å². The van der Waals surface area contributed by atoms with Crippen molar-refractivity contribution in [3.8, 4) is 11.1 Å². The number of benzene rings is 2. The molecule has 0 aromatic heterocycles. The van der Waals surface area contributed by atoms with E-state index in [0.29, 0.717) is 6.10 Å². The molecule has 29 heavy (non-hydrogen) atoms. The van der Waals surface area contributed by atoms with Gasteiger partial charge in [-0.15, -0.1) is 0 Å². The number of amides is 1. The van der Waals surface area contributed by atoms with Gasteiger partial charge in [0.2, 0.25) is 0 Å². The molecule has 154 valence electrons. The number of anilines is 1. The molecule has 0 unspecified atom stereocenters. The minimum absolute atomic E-state index is 0.0527. The predicted molar refractivity (Wildman–Crippen MR) is 115 cm³/mol. The second kappa shape index (κ2) is 9.53. The summed E-state index contributed by atoms with van der Waals surface area (Å²) in [6, 6.07) is 18.2. The topological polar surface area (TPSA) is 47.2 Å². The first kappa shape index (κ1) is 20.1. The van der Waals surface area contributed by atoms with E-state index in [0.717, 1.165) is 56.1 Å². The van der Waals surface area contributed by atoms with Gasteiger partial charge in [-0.25, -0.2) is 0 Å². The summed E-state index contributed by atoms with van der Waals surface area (Å²) in [7, 11) is 0. The molecule has 2 aromatic rings. The third-order valence-corrected chi connectivity index (χ3v) is 6.42. The standard InChI is InChI=1S/C24H31N3O2/c1-19(27-15-13-26(14-16-27)18-21-10-7-17-29-21)24(28)25-23-12-6-5-11-22(23)20-8-3-2-4-9-20/h2-6,8-9,11-12,19,21H,7,10,13-18H2,1H3,(H,25,28)/p+2/t19-,21+/m1/s1. The SMILES string of the molecule is C[C@H](C(=O)Nc1ccccc1-c1ccccc1)[NH+]1CC[NH+](C[C@@H]2CCCO2)CC1. The third kappa shape index (κ3) is 5.04. The molecule has 2 aromatic carbocycles. The molecule has 1 amide bonds. The van der Waals surface area contributed by atoms with E-state index in [1.807, 2.05) is 36.4 Å². The van der Waals surface area contributed by atoms with Gasteiger partial charge in [0.15, 0.2) is 6.04 Å². The molecular weight excluding hydrogens is 362 g/mol. The van der Waals surface area contributed by atoms with Gasteiger partial charge in [0.25, 0.3) is 5.91 Å². The Balaban J connectivity index is 1.34. The van der Waals surface area contributed by atoms with Crippen LogP contribution in [0.25, 0.3) is 11.1 Å². The van der Waals surface area contributed by atoms with Gasteiger partial charge in [0, 0.05) is 17.9 Å². The van der Waals surface area contributed by atoms with E-state index in [9.17, 15) is 4.79 Å². The summed E-state index contributed by atoms with van der Waals surface area (Å²) in [5.74, 6) is 0.103. The van der Waals surface area contributed by atoms with Crippen LogP contribution in [0.5, 0.6) is 0 Å². The van der Waals surface area contributed by atoms with E-state index in [2.05, 4.69) is 30.4 Å². The molecule has 2 aliphatic rings. The highest BCUT2D eigenvalue weighted by Crippen LogP contribution is 2.27. The largest absolute Gasteiger partial charge is 0.372 e. The van der Waals surface area contributed by atoms with Crippen LogP contribution in [0.15, 0.2) is 54.6 Å². The Hall–Kier alpha value is -2.21.